The van der Waals surface area contributed by atoms with E-state index in [4.69, 9.17) is 46.4 Å². The van der Waals surface area contributed by atoms with Crippen LogP contribution in [0.3, 0.4) is 0 Å². The lowest BCUT2D eigenvalue weighted by Gasteiger charge is -2.17. The van der Waals surface area contributed by atoms with Crippen LogP contribution in [0, 0.1) is 13.8 Å². The van der Waals surface area contributed by atoms with Crippen molar-refractivity contribution < 1.29 is 28.8 Å². The van der Waals surface area contributed by atoms with E-state index in [1.165, 1.54) is 50.2 Å². The standard InChI is InChI=1S/C46H42Cl4N8O6/c1-25-26(2)36(54-46(64)42(28(4)60)58-56-38-16-8-14-34(40(38)50)44(62)52-32-12-6-10-30(24-32)20-22-48)18-17-35(25)53-45(63)41(27(3)59)57-55-37-15-7-13-33(39(37)49)43(61)51-31-11-5-9-29(23-31)19-21-47/h5-18,23-24,41-42H,19-22H2,1-4H3,(H,51,61)(H,52,62)(H,53,63)(H,54,64). The summed E-state index contributed by atoms with van der Waals surface area (Å²) in [6.07, 6.45) is 1.25. The third-order valence-electron chi connectivity index (χ3n) is 9.71. The highest BCUT2D eigenvalue weighted by Crippen LogP contribution is 2.32. The highest BCUT2D eigenvalue weighted by atomic mass is 35.5. The van der Waals surface area contributed by atoms with Crippen LogP contribution in [0.5, 0.6) is 0 Å². The lowest BCUT2D eigenvalue weighted by Crippen LogP contribution is -2.33. The summed E-state index contributed by atoms with van der Waals surface area (Å²) in [6, 6.07) is 23.3. The number of nitrogens with one attached hydrogen (secondary N) is 4. The van der Waals surface area contributed by atoms with Crippen molar-refractivity contribution in [2.45, 2.75) is 52.6 Å². The van der Waals surface area contributed by atoms with Crippen LogP contribution in [-0.2, 0) is 32.0 Å². The van der Waals surface area contributed by atoms with E-state index in [0.29, 0.717) is 58.5 Å². The molecule has 0 fully saturated rings. The zero-order valence-electron chi connectivity index (χ0n) is 35.0. The molecular weight excluding hydrogens is 902 g/mol. The normalized spacial score (nSPS) is 12.1. The van der Waals surface area contributed by atoms with Gasteiger partial charge in [0.2, 0.25) is 12.1 Å². The average molecular weight is 945 g/mol. The molecule has 0 saturated carbocycles. The number of nitrogens with zero attached hydrogens (tertiary/aromatic N) is 4. The fraction of sp³-hybridized carbons (Fsp3) is 0.217. The van der Waals surface area contributed by atoms with Crippen molar-refractivity contribution in [3.05, 3.63) is 140 Å². The van der Waals surface area contributed by atoms with E-state index < -0.39 is 47.3 Å². The third kappa shape index (κ3) is 12.7. The summed E-state index contributed by atoms with van der Waals surface area (Å²) in [5.74, 6) is -3.00. The van der Waals surface area contributed by atoms with Gasteiger partial charge in [-0.15, -0.1) is 23.2 Å². The average Bonchev–Trinajstić information content (AvgIpc) is 3.25. The maximum atomic E-state index is 13.4. The number of alkyl halides is 2. The lowest BCUT2D eigenvalue weighted by atomic mass is 10.0. The van der Waals surface area contributed by atoms with Gasteiger partial charge in [0, 0.05) is 34.5 Å². The summed E-state index contributed by atoms with van der Waals surface area (Å²) >= 11 is 24.8. The van der Waals surface area contributed by atoms with E-state index in [1.54, 1.807) is 62.4 Å². The van der Waals surface area contributed by atoms with Gasteiger partial charge >= 0.3 is 0 Å². The molecule has 5 rings (SSSR count). The smallest absolute Gasteiger partial charge is 0.258 e. The minimum atomic E-state index is -1.58. The molecule has 14 nitrogen and oxygen atoms in total. The van der Waals surface area contributed by atoms with E-state index in [1.807, 2.05) is 12.1 Å². The number of ketones is 2. The second kappa shape index (κ2) is 22.9. The van der Waals surface area contributed by atoms with Crippen molar-refractivity contribution in [3.8, 4) is 0 Å². The molecule has 0 spiro atoms. The first-order valence-electron chi connectivity index (χ1n) is 19.7. The highest BCUT2D eigenvalue weighted by Gasteiger charge is 2.27. The van der Waals surface area contributed by atoms with Crippen LogP contribution in [0.2, 0.25) is 10.0 Å². The van der Waals surface area contributed by atoms with Gasteiger partial charge in [-0.05, 0) is 123 Å². The summed E-state index contributed by atoms with van der Waals surface area (Å²) < 4.78 is 0. The SMILES string of the molecule is CC(=O)C(N=Nc1cccc(C(=O)Nc2cccc(CCCl)c2)c1Cl)C(=O)Nc1ccc(NC(=O)C(N=Nc2cccc(C(=O)Nc3cccc(CCCl)c3)c2Cl)C(C)=O)c(C)c1C. The molecule has 0 radical (unpaired) electrons. The lowest BCUT2D eigenvalue weighted by molar-refractivity contribution is -0.127. The molecular formula is C46H42Cl4N8O6. The molecule has 0 aliphatic heterocycles. The molecule has 2 unspecified atom stereocenters. The van der Waals surface area contributed by atoms with Gasteiger partial charge in [-0.1, -0.05) is 59.6 Å². The minimum Gasteiger partial charge on any atom is -0.324 e. The van der Waals surface area contributed by atoms with Crippen LogP contribution in [0.4, 0.5) is 34.1 Å². The van der Waals surface area contributed by atoms with Crippen molar-refractivity contribution in [3.63, 3.8) is 0 Å². The minimum absolute atomic E-state index is 0.0416. The molecule has 64 heavy (non-hydrogen) atoms. The van der Waals surface area contributed by atoms with Crippen molar-refractivity contribution in [2.24, 2.45) is 20.5 Å². The van der Waals surface area contributed by atoms with Crippen LogP contribution in [0.1, 0.15) is 56.8 Å². The molecule has 5 aromatic rings. The number of aryl methyl sites for hydroxylation is 2. The largest absolute Gasteiger partial charge is 0.324 e. The first kappa shape index (κ1) is 48.7. The van der Waals surface area contributed by atoms with Gasteiger partial charge in [-0.2, -0.15) is 20.5 Å². The van der Waals surface area contributed by atoms with Gasteiger partial charge in [-0.3, -0.25) is 28.8 Å². The van der Waals surface area contributed by atoms with Crippen molar-refractivity contribution in [2.75, 3.05) is 33.0 Å². The van der Waals surface area contributed by atoms with E-state index >= 15 is 0 Å². The van der Waals surface area contributed by atoms with E-state index in [9.17, 15) is 28.8 Å². The zero-order chi connectivity index (χ0) is 46.5. The Morgan fingerprint density at radius 3 is 1.27 bits per heavy atom. The predicted octanol–water partition coefficient (Wildman–Crippen LogP) is 11.0. The predicted molar refractivity (Wildman–Crippen MR) is 252 cm³/mol. The number of carbonyl (C=O) groups excluding carboxylic acids is 6. The molecule has 0 aromatic heterocycles. The summed E-state index contributed by atoms with van der Waals surface area (Å²) in [4.78, 5) is 78.4. The molecule has 0 bridgehead atoms. The maximum absolute atomic E-state index is 13.4. The molecule has 5 aromatic carbocycles. The molecule has 2 atom stereocenters. The van der Waals surface area contributed by atoms with Crippen LogP contribution >= 0.6 is 46.4 Å². The summed E-state index contributed by atoms with van der Waals surface area (Å²) in [5, 5.41) is 27.0. The number of halogens is 4. The Morgan fingerprint density at radius 1 is 0.531 bits per heavy atom. The van der Waals surface area contributed by atoms with E-state index in [2.05, 4.69) is 41.7 Å². The molecule has 0 aliphatic rings. The molecule has 330 valence electrons. The van der Waals surface area contributed by atoms with Gasteiger partial charge in [0.1, 0.15) is 11.4 Å². The first-order valence-corrected chi connectivity index (χ1v) is 21.5. The monoisotopic (exact) mass is 942 g/mol. The number of hydrogen-bond acceptors (Lipinski definition) is 10. The van der Waals surface area contributed by atoms with E-state index in [-0.39, 0.29) is 32.5 Å². The second-order valence-electron chi connectivity index (χ2n) is 14.3. The van der Waals surface area contributed by atoms with Gasteiger partial charge in [-0.25, -0.2) is 0 Å². The first-order chi connectivity index (χ1) is 30.6. The Hall–Kier alpha value is -6.32. The van der Waals surface area contributed by atoms with Gasteiger partial charge < -0.3 is 21.3 Å². The second-order valence-corrected chi connectivity index (χ2v) is 15.8. The maximum Gasteiger partial charge on any atom is 0.258 e. The fourth-order valence-corrected chi connectivity index (χ4v) is 7.07. The summed E-state index contributed by atoms with van der Waals surface area (Å²) in [6.45, 7) is 5.72. The number of hydrogen-bond donors (Lipinski definition) is 4. The quantitative estimate of drug-likeness (QED) is 0.0382. The highest BCUT2D eigenvalue weighted by molar-refractivity contribution is 6.37. The summed E-state index contributed by atoms with van der Waals surface area (Å²) in [5.41, 5.74) is 4.93. The zero-order valence-corrected chi connectivity index (χ0v) is 38.0. The Bertz CT molecular complexity index is 2490. The van der Waals surface area contributed by atoms with Gasteiger partial charge in [0.05, 0.1) is 21.2 Å². The van der Waals surface area contributed by atoms with Gasteiger partial charge in [0.15, 0.2) is 11.6 Å². The Labute approximate surface area is 389 Å². The third-order valence-corrected chi connectivity index (χ3v) is 10.9. The number of anilines is 4. The topological polar surface area (TPSA) is 200 Å². The molecule has 18 heteroatoms. The summed E-state index contributed by atoms with van der Waals surface area (Å²) in [7, 11) is 0. The molecule has 4 N–H and O–H groups in total. The van der Waals surface area contributed by atoms with Crippen molar-refractivity contribution >= 4 is 116 Å². The molecule has 0 heterocycles. The van der Waals surface area contributed by atoms with Crippen LogP contribution in [-0.4, -0.2) is 59.0 Å². The Morgan fingerprint density at radius 2 is 0.906 bits per heavy atom. The number of amides is 4. The Balaban J connectivity index is 1.25. The molecule has 4 amide bonds. The number of benzene rings is 5. The molecule has 0 aliphatic carbocycles. The van der Waals surface area contributed by atoms with Crippen molar-refractivity contribution in [1.29, 1.82) is 0 Å². The number of carbonyl (C=O) groups is 6. The number of rotatable bonds is 18. The fourth-order valence-electron chi connectivity index (χ4n) is 6.14. The number of Topliss-reactive ketones (excluding diaryl/α,β-unsaturated/α-hetero) is 2. The Kier molecular flexibility index (Phi) is 17.4. The van der Waals surface area contributed by atoms with Crippen LogP contribution in [0.25, 0.3) is 0 Å². The van der Waals surface area contributed by atoms with Crippen molar-refractivity contribution in [1.82, 2.24) is 0 Å². The van der Waals surface area contributed by atoms with Crippen LogP contribution < -0.4 is 21.3 Å². The van der Waals surface area contributed by atoms with Gasteiger partial charge in [0.25, 0.3) is 23.6 Å². The molecule has 0 saturated heterocycles. The number of azo groups is 2. The van der Waals surface area contributed by atoms with Crippen LogP contribution in [0.15, 0.2) is 118 Å². The van der Waals surface area contributed by atoms with E-state index in [0.717, 1.165) is 11.1 Å².